The van der Waals surface area contributed by atoms with Gasteiger partial charge >= 0.3 is 0 Å². The molecule has 5 nitrogen and oxygen atoms in total. The Labute approximate surface area is 173 Å². The highest BCUT2D eigenvalue weighted by Crippen LogP contribution is 2.25. The van der Waals surface area contributed by atoms with Crippen LogP contribution in [-0.4, -0.2) is 45.8 Å². The lowest BCUT2D eigenvalue weighted by molar-refractivity contribution is 0.0971. The zero-order valence-electron chi connectivity index (χ0n) is 15.8. The Bertz CT molecular complexity index is 990. The van der Waals surface area contributed by atoms with Crippen molar-refractivity contribution in [3.63, 3.8) is 0 Å². The molecule has 0 spiro atoms. The van der Waals surface area contributed by atoms with Gasteiger partial charge in [-0.05, 0) is 42.8 Å². The molecule has 1 saturated heterocycles. The van der Waals surface area contributed by atoms with E-state index in [4.69, 9.17) is 11.6 Å². The van der Waals surface area contributed by atoms with E-state index in [2.05, 4.69) is 46.1 Å². The van der Waals surface area contributed by atoms with Gasteiger partial charge in [0.15, 0.2) is 0 Å². The fourth-order valence-corrected chi connectivity index (χ4v) is 4.34. The van der Waals surface area contributed by atoms with Gasteiger partial charge in [-0.25, -0.2) is 4.68 Å². The van der Waals surface area contributed by atoms with Crippen molar-refractivity contribution in [1.82, 2.24) is 19.6 Å². The van der Waals surface area contributed by atoms with E-state index in [-0.39, 0.29) is 5.56 Å². The molecule has 1 aromatic carbocycles. The fraction of sp³-hybridized carbons (Fsp3) is 0.333. The van der Waals surface area contributed by atoms with E-state index < -0.39 is 0 Å². The van der Waals surface area contributed by atoms with E-state index in [1.807, 2.05) is 18.2 Å². The molecule has 0 bridgehead atoms. The molecule has 1 aliphatic heterocycles. The molecule has 0 radical (unpaired) electrons. The van der Waals surface area contributed by atoms with Gasteiger partial charge in [-0.3, -0.25) is 14.6 Å². The summed E-state index contributed by atoms with van der Waals surface area (Å²) in [5.41, 5.74) is 2.08. The first-order valence-corrected chi connectivity index (χ1v) is 10.6. The van der Waals surface area contributed by atoms with Gasteiger partial charge in [0.1, 0.15) is 5.69 Å². The van der Waals surface area contributed by atoms with Gasteiger partial charge in [-0.1, -0.05) is 23.7 Å². The summed E-state index contributed by atoms with van der Waals surface area (Å²) < 4.78 is 1.58. The van der Waals surface area contributed by atoms with Gasteiger partial charge in [-0.2, -0.15) is 5.10 Å². The van der Waals surface area contributed by atoms with Gasteiger partial charge in [0, 0.05) is 48.7 Å². The van der Waals surface area contributed by atoms with Crippen molar-refractivity contribution in [2.75, 3.05) is 26.2 Å². The van der Waals surface area contributed by atoms with Gasteiger partial charge in [-0.15, -0.1) is 11.3 Å². The lowest BCUT2D eigenvalue weighted by atomic mass is 10.2. The number of nitrogens with zero attached hydrogens (tertiary/aromatic N) is 4. The minimum Gasteiger partial charge on any atom is -0.297 e. The zero-order valence-corrected chi connectivity index (χ0v) is 17.4. The van der Waals surface area contributed by atoms with Crippen LogP contribution in [0.3, 0.4) is 0 Å². The number of hydrogen-bond acceptors (Lipinski definition) is 5. The number of piperazine rings is 1. The highest BCUT2D eigenvalue weighted by atomic mass is 35.5. The van der Waals surface area contributed by atoms with Crippen LogP contribution in [-0.2, 0) is 13.2 Å². The summed E-state index contributed by atoms with van der Waals surface area (Å²) in [5, 5.41) is 5.36. The lowest BCUT2D eigenvalue weighted by Crippen LogP contribution is -2.47. The van der Waals surface area contributed by atoms with Crippen LogP contribution in [0.15, 0.2) is 53.3 Å². The molecular weight excluding hydrogens is 392 g/mol. The first-order chi connectivity index (χ1) is 13.6. The molecule has 0 atom stereocenters. The third-order valence-corrected chi connectivity index (χ3v) is 6.25. The second-order valence-electron chi connectivity index (χ2n) is 7.13. The zero-order chi connectivity index (χ0) is 19.5. The topological polar surface area (TPSA) is 41.4 Å². The monoisotopic (exact) mass is 414 g/mol. The molecule has 1 fully saturated rings. The van der Waals surface area contributed by atoms with Crippen molar-refractivity contribution in [3.05, 3.63) is 74.3 Å². The van der Waals surface area contributed by atoms with Crippen LogP contribution < -0.4 is 5.56 Å². The Balaban J connectivity index is 1.37. The molecule has 0 aliphatic carbocycles. The summed E-state index contributed by atoms with van der Waals surface area (Å²) in [6.07, 6.45) is 0. The van der Waals surface area contributed by atoms with E-state index in [9.17, 15) is 4.79 Å². The summed E-state index contributed by atoms with van der Waals surface area (Å²) in [5.74, 6) is 0. The molecule has 4 rings (SSSR count). The minimum atomic E-state index is -0.0550. The Morgan fingerprint density at radius 2 is 1.68 bits per heavy atom. The number of rotatable bonds is 5. The van der Waals surface area contributed by atoms with Crippen molar-refractivity contribution in [2.45, 2.75) is 20.1 Å². The molecule has 146 valence electrons. The van der Waals surface area contributed by atoms with Crippen LogP contribution in [0.2, 0.25) is 5.02 Å². The molecule has 7 heteroatoms. The van der Waals surface area contributed by atoms with Crippen LogP contribution in [0.1, 0.15) is 10.4 Å². The highest BCUT2D eigenvalue weighted by molar-refractivity contribution is 7.15. The molecule has 0 amide bonds. The molecular formula is C21H23ClN4OS. The Morgan fingerprint density at radius 1 is 0.964 bits per heavy atom. The van der Waals surface area contributed by atoms with E-state index in [1.54, 1.807) is 22.1 Å². The summed E-state index contributed by atoms with van der Waals surface area (Å²) in [4.78, 5) is 19.3. The third kappa shape index (κ3) is 4.70. The smallest absolute Gasteiger partial charge is 0.268 e. The maximum atomic E-state index is 12.3. The SMILES string of the molecule is Cc1ccc(-c2ccc(=O)n(CN3CCN(Cc4ccc(Cl)cc4)CC3)n2)s1. The maximum absolute atomic E-state index is 12.3. The molecule has 3 heterocycles. The normalized spacial score (nSPS) is 15.8. The van der Waals surface area contributed by atoms with Crippen LogP contribution in [0.4, 0.5) is 0 Å². The second-order valence-corrected chi connectivity index (χ2v) is 8.85. The lowest BCUT2D eigenvalue weighted by Gasteiger charge is -2.34. The summed E-state index contributed by atoms with van der Waals surface area (Å²) in [6.45, 7) is 7.33. The van der Waals surface area contributed by atoms with Crippen molar-refractivity contribution >= 4 is 22.9 Å². The standard InChI is InChI=1S/C21H23ClN4OS/c1-16-2-8-20(28-16)19-7-9-21(27)26(23-19)15-25-12-10-24(11-13-25)14-17-3-5-18(22)6-4-17/h2-9H,10-15H2,1H3. The average Bonchev–Trinajstić information content (AvgIpc) is 3.13. The molecule has 0 saturated carbocycles. The van der Waals surface area contributed by atoms with Crippen LogP contribution in [0, 0.1) is 6.92 Å². The van der Waals surface area contributed by atoms with Crippen LogP contribution in [0.5, 0.6) is 0 Å². The highest BCUT2D eigenvalue weighted by Gasteiger charge is 2.18. The third-order valence-electron chi connectivity index (χ3n) is 4.98. The number of aromatic nitrogens is 2. The summed E-state index contributed by atoms with van der Waals surface area (Å²) >= 11 is 7.66. The second kappa shape index (κ2) is 8.57. The predicted molar refractivity (Wildman–Crippen MR) is 115 cm³/mol. The number of thiophene rings is 1. The Morgan fingerprint density at radius 3 is 2.36 bits per heavy atom. The number of benzene rings is 1. The van der Waals surface area contributed by atoms with Gasteiger partial charge < -0.3 is 0 Å². The van der Waals surface area contributed by atoms with Crippen molar-refractivity contribution in [2.24, 2.45) is 0 Å². The Hall–Kier alpha value is -1.99. The number of aryl methyl sites for hydroxylation is 1. The van der Waals surface area contributed by atoms with Crippen LogP contribution in [0.25, 0.3) is 10.6 Å². The predicted octanol–water partition coefficient (Wildman–Crippen LogP) is 3.71. The largest absolute Gasteiger partial charge is 0.297 e. The van der Waals surface area contributed by atoms with Gasteiger partial charge in [0.25, 0.3) is 5.56 Å². The minimum absolute atomic E-state index is 0.0550. The van der Waals surface area contributed by atoms with Crippen molar-refractivity contribution in [3.8, 4) is 10.6 Å². The molecule has 28 heavy (non-hydrogen) atoms. The maximum Gasteiger partial charge on any atom is 0.268 e. The van der Waals surface area contributed by atoms with Crippen molar-refractivity contribution in [1.29, 1.82) is 0 Å². The van der Waals surface area contributed by atoms with Gasteiger partial charge in [0.2, 0.25) is 0 Å². The number of hydrogen-bond donors (Lipinski definition) is 0. The molecule has 3 aromatic rings. The van der Waals surface area contributed by atoms with Gasteiger partial charge in [0.05, 0.1) is 11.5 Å². The molecule has 0 N–H and O–H groups in total. The van der Waals surface area contributed by atoms with Crippen molar-refractivity contribution < 1.29 is 0 Å². The first-order valence-electron chi connectivity index (χ1n) is 9.41. The quantitative estimate of drug-likeness (QED) is 0.638. The summed E-state index contributed by atoms with van der Waals surface area (Å²) in [7, 11) is 0. The first kappa shape index (κ1) is 19.3. The average molecular weight is 415 g/mol. The molecule has 1 aliphatic rings. The van der Waals surface area contributed by atoms with E-state index in [0.717, 1.165) is 48.3 Å². The van der Waals surface area contributed by atoms with Crippen LogP contribution >= 0.6 is 22.9 Å². The molecule has 0 unspecified atom stereocenters. The molecule has 2 aromatic heterocycles. The Kier molecular flexibility index (Phi) is 5.92. The summed E-state index contributed by atoms with van der Waals surface area (Å²) in [6, 6.07) is 15.6. The fourth-order valence-electron chi connectivity index (χ4n) is 3.38. The van der Waals surface area contributed by atoms with E-state index in [1.165, 1.54) is 10.4 Å². The van der Waals surface area contributed by atoms with E-state index >= 15 is 0 Å². The number of halogens is 1. The van der Waals surface area contributed by atoms with E-state index in [0.29, 0.717) is 6.67 Å².